The third kappa shape index (κ3) is 60.1. The topological polar surface area (TPSA) is 114 Å². The van der Waals surface area contributed by atoms with Crippen LogP contribution in [0, 0.1) is 0 Å². The van der Waals surface area contributed by atoms with Crippen molar-refractivity contribution in [3.8, 4) is 0 Å². The summed E-state index contributed by atoms with van der Waals surface area (Å²) in [7, 11) is 1.16. The van der Waals surface area contributed by atoms with Crippen molar-refractivity contribution < 1.29 is 37.3 Å². The number of phosphoric ester groups is 1. The van der Waals surface area contributed by atoms with Crippen LogP contribution in [0.5, 0.6) is 0 Å². The van der Waals surface area contributed by atoms with E-state index in [1.54, 1.807) is 0 Å². The van der Waals surface area contributed by atoms with Gasteiger partial charge in [-0.1, -0.05) is 294 Å². The summed E-state index contributed by atoms with van der Waals surface area (Å²) in [5.74, 6) is -0.596. The first kappa shape index (κ1) is 76.7. The van der Waals surface area contributed by atoms with Crippen molar-refractivity contribution in [3.63, 3.8) is 0 Å². The van der Waals surface area contributed by atoms with Crippen LogP contribution in [0.1, 0.15) is 316 Å². The molecule has 0 spiro atoms. The van der Waals surface area contributed by atoms with Gasteiger partial charge in [-0.3, -0.25) is 14.2 Å². The van der Waals surface area contributed by atoms with Crippen LogP contribution in [-0.2, 0) is 27.9 Å². The van der Waals surface area contributed by atoms with E-state index in [9.17, 15) is 19.0 Å². The Kier molecular flexibility index (Phi) is 57.2. The molecule has 1 amide bonds. The second-order valence-electron chi connectivity index (χ2n) is 24.0. The molecule has 1 N–H and O–H groups in total. The highest BCUT2D eigenvalue weighted by molar-refractivity contribution is 7.45. The summed E-state index contributed by atoms with van der Waals surface area (Å²) < 4.78 is 30.3. The van der Waals surface area contributed by atoms with Gasteiger partial charge in [0.25, 0.3) is 7.82 Å². The van der Waals surface area contributed by atoms with Gasteiger partial charge in [0.05, 0.1) is 33.8 Å². The molecule has 0 aliphatic rings. The Morgan fingerprint density at radius 2 is 0.785 bits per heavy atom. The Hall–Kier alpha value is -2.29. The van der Waals surface area contributed by atoms with Gasteiger partial charge in [-0.2, -0.15) is 0 Å². The molecule has 0 rings (SSSR count). The highest BCUT2D eigenvalue weighted by Crippen LogP contribution is 2.38. The van der Waals surface area contributed by atoms with Crippen LogP contribution in [0.2, 0.25) is 0 Å². The minimum Gasteiger partial charge on any atom is -0.756 e. The molecule has 3 atom stereocenters. The number of unbranched alkanes of at least 4 members (excludes halogenated alkanes) is 37. The number of ether oxygens (including phenoxy) is 1. The SMILES string of the molecule is CCCCC/C=C\C/C=C\C/C=C\C/C=C\CCCC(=O)NC(COP(=O)([O-])OCC[N+](C)(C)C)C(/C=C\CCCCCCCCCCC)OC(=O)CCCCCCCCCCCCCCCCCCCCCCCCCCC. The first-order chi connectivity index (χ1) is 38.4. The van der Waals surface area contributed by atoms with Gasteiger partial charge in [-0.05, 0) is 70.3 Å². The van der Waals surface area contributed by atoms with Gasteiger partial charge in [0, 0.05) is 12.8 Å². The van der Waals surface area contributed by atoms with Crippen molar-refractivity contribution in [1.29, 1.82) is 0 Å². The molecule has 9 nitrogen and oxygen atoms in total. The predicted molar refractivity (Wildman–Crippen MR) is 339 cm³/mol. The molecule has 0 radical (unpaired) electrons. The van der Waals surface area contributed by atoms with Crippen molar-refractivity contribution in [3.05, 3.63) is 60.8 Å². The number of phosphoric acid groups is 1. The number of likely N-dealkylation sites (N-methyl/N-ethyl adjacent to an activating group) is 1. The lowest BCUT2D eigenvalue weighted by molar-refractivity contribution is -0.870. The molecule has 10 heteroatoms. The number of amides is 1. The number of esters is 1. The highest BCUT2D eigenvalue weighted by Gasteiger charge is 2.27. The first-order valence-corrected chi connectivity index (χ1v) is 35.1. The van der Waals surface area contributed by atoms with Gasteiger partial charge in [0.15, 0.2) is 0 Å². The molecular weight excluding hydrogens is 1000 g/mol. The van der Waals surface area contributed by atoms with E-state index in [-0.39, 0.29) is 31.3 Å². The lowest BCUT2D eigenvalue weighted by Crippen LogP contribution is -2.47. The van der Waals surface area contributed by atoms with Crippen molar-refractivity contribution in [2.24, 2.45) is 0 Å². The second-order valence-corrected chi connectivity index (χ2v) is 25.4. The molecule has 0 aliphatic heterocycles. The van der Waals surface area contributed by atoms with E-state index in [0.29, 0.717) is 17.4 Å². The molecular formula is C69H129N2O7P. The summed E-state index contributed by atoms with van der Waals surface area (Å²) in [6.07, 6.45) is 75.1. The minimum absolute atomic E-state index is 0.0323. The zero-order valence-corrected chi connectivity index (χ0v) is 53.7. The number of allylic oxidation sites excluding steroid dienone is 9. The molecule has 462 valence electrons. The molecule has 0 bridgehead atoms. The zero-order chi connectivity index (χ0) is 57.9. The molecule has 0 saturated heterocycles. The third-order valence-corrected chi connectivity index (χ3v) is 15.9. The van der Waals surface area contributed by atoms with E-state index >= 15 is 0 Å². The Balaban J connectivity index is 5.09. The standard InChI is InChI=1S/C69H129N2O7P/c1-7-10-13-16-19-22-25-27-29-31-32-33-34-35-36-37-38-40-42-44-47-50-53-56-59-62-69(73)78-67(60-57-54-51-48-45-24-21-18-15-12-9-3)66(65-77-79(74,75)76-64-63-71(4,5)6)70-68(72)61-58-55-52-49-46-43-41-39-30-28-26-23-20-17-14-11-8-2/h20,23,28,30,41,43,49,52,57,60,66-67H,7-19,21-22,24-27,29,31-40,42,44-48,50-51,53-56,58-59,61-65H2,1-6H3,(H-,70,72,74,75)/b23-20-,30-28-,43-41-,52-49-,60-57-. The van der Waals surface area contributed by atoms with Gasteiger partial charge >= 0.3 is 5.97 Å². The average Bonchev–Trinajstić information content (AvgIpc) is 3.41. The van der Waals surface area contributed by atoms with Gasteiger partial charge in [-0.25, -0.2) is 0 Å². The fourth-order valence-corrected chi connectivity index (χ4v) is 10.5. The van der Waals surface area contributed by atoms with E-state index in [1.807, 2.05) is 33.3 Å². The normalized spacial score (nSPS) is 14.0. The lowest BCUT2D eigenvalue weighted by Gasteiger charge is -2.30. The lowest BCUT2D eigenvalue weighted by atomic mass is 10.0. The van der Waals surface area contributed by atoms with Crippen molar-refractivity contribution in [2.45, 2.75) is 328 Å². The molecule has 0 heterocycles. The van der Waals surface area contributed by atoms with E-state index in [2.05, 4.69) is 74.7 Å². The van der Waals surface area contributed by atoms with Crippen LogP contribution < -0.4 is 10.2 Å². The van der Waals surface area contributed by atoms with E-state index in [0.717, 1.165) is 64.2 Å². The van der Waals surface area contributed by atoms with E-state index in [1.165, 1.54) is 212 Å². The van der Waals surface area contributed by atoms with Gasteiger partial charge in [-0.15, -0.1) is 0 Å². The predicted octanol–water partition coefficient (Wildman–Crippen LogP) is 20.4. The Labute approximate surface area is 490 Å². The fourth-order valence-electron chi connectivity index (χ4n) is 9.75. The van der Waals surface area contributed by atoms with Crippen LogP contribution in [0.3, 0.4) is 0 Å². The third-order valence-electron chi connectivity index (χ3n) is 15.0. The van der Waals surface area contributed by atoms with Gasteiger partial charge < -0.3 is 28.5 Å². The summed E-state index contributed by atoms with van der Waals surface area (Å²) >= 11 is 0. The quantitative estimate of drug-likeness (QED) is 0.0212. The fraction of sp³-hybridized carbons (Fsp3) is 0.826. The maximum absolute atomic E-state index is 13.5. The smallest absolute Gasteiger partial charge is 0.306 e. The maximum atomic E-state index is 13.5. The number of quaternary nitrogens is 1. The summed E-state index contributed by atoms with van der Waals surface area (Å²) in [5, 5.41) is 3.00. The highest BCUT2D eigenvalue weighted by atomic mass is 31.2. The number of carbonyl (C=O) groups is 2. The molecule has 79 heavy (non-hydrogen) atoms. The van der Waals surface area contributed by atoms with Crippen LogP contribution in [-0.4, -0.2) is 69.4 Å². The molecule has 0 fully saturated rings. The molecule has 0 aliphatic carbocycles. The minimum atomic E-state index is -4.71. The summed E-state index contributed by atoms with van der Waals surface area (Å²) in [6, 6.07) is -0.916. The molecule has 0 aromatic rings. The van der Waals surface area contributed by atoms with Crippen LogP contribution in [0.15, 0.2) is 60.8 Å². The van der Waals surface area contributed by atoms with Crippen molar-refractivity contribution >= 4 is 19.7 Å². The Morgan fingerprint density at radius 3 is 1.20 bits per heavy atom. The van der Waals surface area contributed by atoms with Crippen molar-refractivity contribution in [2.75, 3.05) is 40.9 Å². The van der Waals surface area contributed by atoms with Crippen LogP contribution >= 0.6 is 7.82 Å². The molecule has 0 aromatic carbocycles. The molecule has 3 unspecified atom stereocenters. The number of nitrogens with zero attached hydrogens (tertiary/aromatic N) is 1. The van der Waals surface area contributed by atoms with Crippen molar-refractivity contribution in [1.82, 2.24) is 5.32 Å². The summed E-state index contributed by atoms with van der Waals surface area (Å²) in [4.78, 5) is 40.0. The molecule has 0 saturated carbocycles. The zero-order valence-electron chi connectivity index (χ0n) is 52.8. The van der Waals surface area contributed by atoms with E-state index in [4.69, 9.17) is 13.8 Å². The first-order valence-electron chi connectivity index (χ1n) is 33.6. The number of rotatable bonds is 61. The van der Waals surface area contributed by atoms with Crippen LogP contribution in [0.25, 0.3) is 0 Å². The Morgan fingerprint density at radius 1 is 0.443 bits per heavy atom. The largest absolute Gasteiger partial charge is 0.756 e. The summed E-state index contributed by atoms with van der Waals surface area (Å²) in [5.41, 5.74) is 0. The van der Waals surface area contributed by atoms with Gasteiger partial charge in [0.1, 0.15) is 19.3 Å². The Bertz CT molecular complexity index is 1540. The number of nitrogens with one attached hydrogen (secondary N) is 1. The summed E-state index contributed by atoms with van der Waals surface area (Å²) in [6.45, 7) is 6.80. The van der Waals surface area contributed by atoms with Gasteiger partial charge in [0.2, 0.25) is 5.91 Å². The average molecular weight is 1130 g/mol. The second kappa shape index (κ2) is 58.9. The van der Waals surface area contributed by atoms with E-state index < -0.39 is 26.6 Å². The number of hydrogen-bond acceptors (Lipinski definition) is 7. The number of hydrogen-bond donors (Lipinski definition) is 1. The molecule has 0 aromatic heterocycles. The van der Waals surface area contributed by atoms with Crippen LogP contribution in [0.4, 0.5) is 0 Å². The monoisotopic (exact) mass is 1130 g/mol. The maximum Gasteiger partial charge on any atom is 0.306 e. The number of carbonyl (C=O) groups excluding carboxylic acids is 2.